The maximum absolute atomic E-state index is 13.6. The zero-order chi connectivity index (χ0) is 15.5. The van der Waals surface area contributed by atoms with Gasteiger partial charge in [-0.2, -0.15) is 0 Å². The van der Waals surface area contributed by atoms with E-state index in [9.17, 15) is 12.8 Å². The molecule has 1 aliphatic heterocycles. The lowest BCUT2D eigenvalue weighted by molar-refractivity contribution is 0.605. The van der Waals surface area contributed by atoms with Crippen molar-refractivity contribution in [1.82, 2.24) is 4.98 Å². The minimum Gasteiger partial charge on any atom is -0.358 e. The van der Waals surface area contributed by atoms with Gasteiger partial charge in [0.15, 0.2) is 0 Å². The van der Waals surface area contributed by atoms with E-state index in [1.807, 2.05) is 6.92 Å². The van der Waals surface area contributed by atoms with Crippen molar-refractivity contribution in [2.45, 2.75) is 11.8 Å². The molecule has 1 aliphatic rings. The Hall–Kier alpha value is -2.40. The first-order valence-electron chi connectivity index (χ1n) is 6.82. The normalized spacial score (nSPS) is 15.8. The number of hydrogen-bond acceptors (Lipinski definition) is 2. The van der Waals surface area contributed by atoms with E-state index < -0.39 is 9.84 Å². The predicted octanol–water partition coefficient (Wildman–Crippen LogP) is 4.04. The Balaban J connectivity index is 0.00000156. The Morgan fingerprint density at radius 3 is 2.73 bits per heavy atom. The number of halogens is 1. The standard InChI is InChI=1S/C17H12FNO2S.H2/c1-10-17(13-8-11(18)6-7-15(13)19-10)14-9-22(20,21)16-5-3-2-4-12(14)16;/h2-9,19H,1H3;1H. The molecule has 0 spiro atoms. The second-order valence-electron chi connectivity index (χ2n) is 5.39. The molecule has 0 saturated heterocycles. The summed E-state index contributed by atoms with van der Waals surface area (Å²) in [5.41, 5.74) is 3.62. The van der Waals surface area contributed by atoms with Crippen LogP contribution in [-0.4, -0.2) is 13.4 Å². The first-order chi connectivity index (χ1) is 10.5. The third-order valence-corrected chi connectivity index (χ3v) is 5.49. The van der Waals surface area contributed by atoms with Gasteiger partial charge in [0.05, 0.1) is 4.90 Å². The molecule has 3 aromatic rings. The molecule has 1 aromatic heterocycles. The number of sulfone groups is 1. The number of aromatic nitrogens is 1. The van der Waals surface area contributed by atoms with E-state index in [0.717, 1.165) is 16.8 Å². The van der Waals surface area contributed by atoms with Crippen molar-refractivity contribution in [2.24, 2.45) is 0 Å². The number of aromatic amines is 1. The van der Waals surface area contributed by atoms with E-state index >= 15 is 0 Å². The second kappa shape index (κ2) is 4.30. The van der Waals surface area contributed by atoms with Crippen LogP contribution in [0, 0.1) is 12.7 Å². The van der Waals surface area contributed by atoms with Crippen molar-refractivity contribution in [1.29, 1.82) is 0 Å². The number of hydrogen-bond donors (Lipinski definition) is 1. The molecular weight excluding hydrogens is 301 g/mol. The monoisotopic (exact) mass is 315 g/mol. The Kier molecular flexibility index (Phi) is 2.60. The van der Waals surface area contributed by atoms with Crippen LogP contribution < -0.4 is 0 Å². The summed E-state index contributed by atoms with van der Waals surface area (Å²) in [6, 6.07) is 11.4. The smallest absolute Gasteiger partial charge is 0.201 e. The summed E-state index contributed by atoms with van der Waals surface area (Å²) in [4.78, 5) is 3.49. The van der Waals surface area contributed by atoms with Crippen molar-refractivity contribution in [3.63, 3.8) is 0 Å². The lowest BCUT2D eigenvalue weighted by Crippen LogP contribution is -1.92. The lowest BCUT2D eigenvalue weighted by Gasteiger charge is -2.05. The molecule has 5 heteroatoms. The van der Waals surface area contributed by atoms with E-state index in [1.54, 1.807) is 30.3 Å². The number of H-pyrrole nitrogens is 1. The van der Waals surface area contributed by atoms with Gasteiger partial charge in [0.25, 0.3) is 0 Å². The molecule has 0 saturated carbocycles. The highest BCUT2D eigenvalue weighted by atomic mass is 32.2. The van der Waals surface area contributed by atoms with Crippen LogP contribution in [-0.2, 0) is 9.84 Å². The summed E-state index contributed by atoms with van der Waals surface area (Å²) in [6.07, 6.45) is 0. The number of rotatable bonds is 1. The summed E-state index contributed by atoms with van der Waals surface area (Å²) in [5, 5.41) is 1.97. The number of aryl methyl sites for hydroxylation is 1. The molecular formula is C17H14FNO2S. The molecule has 0 aliphatic carbocycles. The van der Waals surface area contributed by atoms with Crippen LogP contribution in [0.1, 0.15) is 18.2 Å². The molecule has 0 unspecified atom stereocenters. The Morgan fingerprint density at radius 2 is 1.91 bits per heavy atom. The predicted molar refractivity (Wildman–Crippen MR) is 85.8 cm³/mol. The van der Waals surface area contributed by atoms with Gasteiger partial charge < -0.3 is 4.98 Å². The van der Waals surface area contributed by atoms with Crippen LogP contribution in [0.25, 0.3) is 16.5 Å². The van der Waals surface area contributed by atoms with Gasteiger partial charge in [-0.1, -0.05) is 18.2 Å². The maximum atomic E-state index is 13.6. The summed E-state index contributed by atoms with van der Waals surface area (Å²) < 4.78 is 38.2. The largest absolute Gasteiger partial charge is 0.358 e. The first kappa shape index (κ1) is 13.3. The van der Waals surface area contributed by atoms with Gasteiger partial charge in [0.1, 0.15) is 5.82 Å². The molecule has 0 radical (unpaired) electrons. The maximum Gasteiger partial charge on any atom is 0.201 e. The van der Waals surface area contributed by atoms with E-state index in [2.05, 4.69) is 4.98 Å². The van der Waals surface area contributed by atoms with Crippen molar-refractivity contribution in [3.8, 4) is 0 Å². The Labute approximate surface area is 128 Å². The average Bonchev–Trinajstić information content (AvgIpc) is 2.93. The van der Waals surface area contributed by atoms with Crippen LogP contribution in [0.2, 0.25) is 0 Å². The fraction of sp³-hybridized carbons (Fsp3) is 0.0588. The molecule has 4 rings (SSSR count). The van der Waals surface area contributed by atoms with Gasteiger partial charge in [-0.15, -0.1) is 0 Å². The van der Waals surface area contributed by atoms with Crippen LogP contribution in [0.5, 0.6) is 0 Å². The van der Waals surface area contributed by atoms with Gasteiger partial charge in [0, 0.05) is 40.1 Å². The third-order valence-electron chi connectivity index (χ3n) is 3.97. The van der Waals surface area contributed by atoms with Crippen LogP contribution in [0.3, 0.4) is 0 Å². The molecule has 2 heterocycles. The topological polar surface area (TPSA) is 49.9 Å². The van der Waals surface area contributed by atoms with Gasteiger partial charge in [-0.05, 0) is 31.2 Å². The van der Waals surface area contributed by atoms with E-state index in [0.29, 0.717) is 21.4 Å². The minimum atomic E-state index is -3.45. The van der Waals surface area contributed by atoms with Gasteiger partial charge >= 0.3 is 0 Å². The molecule has 0 fully saturated rings. The zero-order valence-electron chi connectivity index (χ0n) is 11.7. The number of benzene rings is 2. The summed E-state index contributed by atoms with van der Waals surface area (Å²) in [6.45, 7) is 1.86. The van der Waals surface area contributed by atoms with Crippen LogP contribution >= 0.6 is 0 Å². The van der Waals surface area contributed by atoms with Crippen LogP contribution in [0.4, 0.5) is 4.39 Å². The Morgan fingerprint density at radius 1 is 1.14 bits per heavy atom. The highest BCUT2D eigenvalue weighted by Crippen LogP contribution is 2.41. The van der Waals surface area contributed by atoms with Crippen LogP contribution in [0.15, 0.2) is 52.8 Å². The van der Waals surface area contributed by atoms with Gasteiger partial charge in [-0.3, -0.25) is 0 Å². The summed E-state index contributed by atoms with van der Waals surface area (Å²) >= 11 is 0. The van der Waals surface area contributed by atoms with Crippen molar-refractivity contribution >= 4 is 26.3 Å². The number of nitrogens with one attached hydrogen (secondary N) is 1. The third kappa shape index (κ3) is 1.75. The summed E-state index contributed by atoms with van der Waals surface area (Å²) in [7, 11) is -3.45. The van der Waals surface area contributed by atoms with Gasteiger partial charge in [-0.25, -0.2) is 12.8 Å². The summed E-state index contributed by atoms with van der Waals surface area (Å²) in [5.74, 6) is -0.345. The van der Waals surface area contributed by atoms with Crippen molar-refractivity contribution in [2.75, 3.05) is 0 Å². The fourth-order valence-corrected chi connectivity index (χ4v) is 4.49. The molecule has 2 aromatic carbocycles. The second-order valence-corrected chi connectivity index (χ2v) is 7.15. The Bertz CT molecular complexity index is 1070. The highest BCUT2D eigenvalue weighted by molar-refractivity contribution is 7.95. The quantitative estimate of drug-likeness (QED) is 0.737. The molecule has 112 valence electrons. The average molecular weight is 315 g/mol. The molecule has 3 nitrogen and oxygen atoms in total. The van der Waals surface area contributed by atoms with E-state index in [-0.39, 0.29) is 7.24 Å². The zero-order valence-corrected chi connectivity index (χ0v) is 12.5. The fourth-order valence-electron chi connectivity index (χ4n) is 3.06. The molecule has 0 amide bonds. The molecule has 0 atom stereocenters. The van der Waals surface area contributed by atoms with Crippen molar-refractivity contribution < 1.29 is 14.2 Å². The van der Waals surface area contributed by atoms with E-state index in [4.69, 9.17) is 0 Å². The minimum absolute atomic E-state index is 0. The molecule has 22 heavy (non-hydrogen) atoms. The van der Waals surface area contributed by atoms with E-state index in [1.165, 1.54) is 17.5 Å². The molecule has 0 bridgehead atoms. The highest BCUT2D eigenvalue weighted by Gasteiger charge is 2.29. The number of fused-ring (bicyclic) bond motifs is 2. The SMILES string of the molecule is Cc1[nH]c2ccc(F)cc2c1C1=CS(=O)(=O)c2ccccc21.[HH]. The molecule has 1 N–H and O–H groups in total. The van der Waals surface area contributed by atoms with Crippen molar-refractivity contribution in [3.05, 3.63) is 70.5 Å². The lowest BCUT2D eigenvalue weighted by atomic mass is 9.97. The first-order valence-corrected chi connectivity index (χ1v) is 8.36. The van der Waals surface area contributed by atoms with Gasteiger partial charge in [0.2, 0.25) is 9.84 Å².